The molecular formula is C96H127BrLiN10O15-. The molecule has 7 N–H and O–H groups in total. The summed E-state index contributed by atoms with van der Waals surface area (Å²) in [6.07, 6.45) is 13.7. The number of aromatic nitrogens is 7. The molecule has 123 heavy (non-hydrogen) atoms. The fourth-order valence-corrected chi connectivity index (χ4v) is 12.9. The van der Waals surface area contributed by atoms with Crippen molar-refractivity contribution in [2.24, 2.45) is 63.7 Å². The summed E-state index contributed by atoms with van der Waals surface area (Å²) in [5.74, 6) is -1.27. The number of hydrogen-bond acceptors (Lipinski definition) is 16. The number of carbonyl (C=O) groups excluding carboxylic acids is 5. The molecule has 0 fully saturated rings. The van der Waals surface area contributed by atoms with Gasteiger partial charge in [-0.15, -0.1) is 0 Å². The Labute approximate surface area is 743 Å². The molecule has 0 saturated heterocycles. The topological polar surface area (TPSA) is 352 Å². The number of aliphatic imine (C=N–C) groups is 1. The number of carbonyl (C=O) groups is 6. The summed E-state index contributed by atoms with van der Waals surface area (Å²) < 4.78 is 24.9. The van der Waals surface area contributed by atoms with Crippen LogP contribution in [-0.2, 0) is 68.7 Å². The second-order valence-electron chi connectivity index (χ2n) is 33.3. The number of fused-ring (bicyclic) bond motifs is 5. The fraction of sp³-hybridized carbons (Fsp3) is 0.385. The number of Topliss-reactive ketones (excluding diaryl/α,β-unsaturated/α-hetero) is 1. The van der Waals surface area contributed by atoms with Gasteiger partial charge in [0.25, 0.3) is 11.1 Å². The van der Waals surface area contributed by atoms with Gasteiger partial charge in [0.2, 0.25) is 5.91 Å². The minimum atomic E-state index is -1.21. The van der Waals surface area contributed by atoms with Gasteiger partial charge in [-0.1, -0.05) is 109 Å². The Morgan fingerprint density at radius 3 is 1.18 bits per heavy atom. The zero-order valence-electron chi connectivity index (χ0n) is 77.0. The minimum Gasteiger partial charge on any atom is -0.870 e. The Kier molecular flexibility index (Phi) is 43.4. The number of aromatic carboxylic acids is 1. The number of methoxy groups -OCH3 is 3. The van der Waals surface area contributed by atoms with Crippen LogP contribution in [0.3, 0.4) is 0 Å². The van der Waals surface area contributed by atoms with Gasteiger partial charge >= 0.3 is 42.7 Å². The molecule has 0 spiro atoms. The van der Waals surface area contributed by atoms with Gasteiger partial charge in [-0.25, -0.2) is 24.2 Å². The Morgan fingerprint density at radius 2 is 0.837 bits per heavy atom. The number of amides is 1. The zero-order valence-corrected chi connectivity index (χ0v) is 78.6. The molecule has 5 aromatic carbocycles. The first-order valence-corrected chi connectivity index (χ1v) is 40.8. The van der Waals surface area contributed by atoms with Crippen molar-refractivity contribution in [3.05, 3.63) is 235 Å². The van der Waals surface area contributed by atoms with Crippen LogP contribution in [0.1, 0.15) is 197 Å². The second-order valence-corrected chi connectivity index (χ2v) is 34.2. The molecule has 0 aliphatic carbocycles. The molecule has 0 aliphatic rings. The molecule has 7 heterocycles. The molecule has 0 bridgehead atoms. The first-order valence-electron chi connectivity index (χ1n) is 40.0. The number of nitrogens with zero attached hydrogens (tertiary/aromatic N) is 7. The zero-order chi connectivity index (χ0) is 90.1. The molecule has 0 aliphatic heterocycles. The van der Waals surface area contributed by atoms with E-state index in [0.29, 0.717) is 36.3 Å². The number of nitrogens with two attached hydrogens (primary N) is 1. The van der Waals surface area contributed by atoms with Crippen LogP contribution in [0.5, 0.6) is 0 Å². The van der Waals surface area contributed by atoms with Crippen LogP contribution in [0.2, 0.25) is 0 Å². The van der Waals surface area contributed by atoms with E-state index in [1.165, 1.54) is 84.2 Å². The van der Waals surface area contributed by atoms with Gasteiger partial charge in [0, 0.05) is 162 Å². The maximum atomic E-state index is 12.3. The van der Waals surface area contributed by atoms with E-state index < -0.39 is 35.0 Å². The van der Waals surface area contributed by atoms with E-state index in [4.69, 9.17) is 25.4 Å². The molecule has 0 atom stereocenters. The van der Waals surface area contributed by atoms with Crippen molar-refractivity contribution >= 4 is 112 Å². The first kappa shape index (κ1) is 108. The van der Waals surface area contributed by atoms with Gasteiger partial charge in [0.05, 0.1) is 45.4 Å². The van der Waals surface area contributed by atoms with Gasteiger partial charge in [0.15, 0.2) is 5.78 Å². The predicted molar refractivity (Wildman–Crippen MR) is 495 cm³/mol. The third kappa shape index (κ3) is 32.3. The van der Waals surface area contributed by atoms with Crippen molar-refractivity contribution in [3.63, 3.8) is 0 Å². The number of carboxylic acid groups (broad SMARTS) is 1. The summed E-state index contributed by atoms with van der Waals surface area (Å²) in [5, 5.41) is 16.3. The third-order valence-corrected chi connectivity index (χ3v) is 19.1. The van der Waals surface area contributed by atoms with Gasteiger partial charge in [0.1, 0.15) is 16.7 Å². The molecule has 7 aromatic heterocycles. The number of hydroxylamine groups is 2. The number of ketones is 1. The van der Waals surface area contributed by atoms with E-state index in [2.05, 4.69) is 173 Å². The van der Waals surface area contributed by atoms with Crippen LogP contribution in [0.4, 0.5) is 0 Å². The summed E-state index contributed by atoms with van der Waals surface area (Å²) in [6, 6.07) is 44.4. The first-order chi connectivity index (χ1) is 56.1. The number of halogens is 1. The van der Waals surface area contributed by atoms with Gasteiger partial charge in [-0.2, -0.15) is 0 Å². The average Bonchev–Trinajstić information content (AvgIpc) is 1.26. The number of pyridine rings is 2. The smallest absolute Gasteiger partial charge is 0.870 e. The van der Waals surface area contributed by atoms with Crippen LogP contribution in [0.25, 0.3) is 77.0 Å². The Morgan fingerprint density at radius 1 is 0.496 bits per heavy atom. The van der Waals surface area contributed by atoms with E-state index >= 15 is 0 Å². The number of carboxylic acids is 1. The number of rotatable bonds is 17. The van der Waals surface area contributed by atoms with Crippen molar-refractivity contribution in [2.45, 2.75) is 160 Å². The molecule has 27 heteroatoms. The van der Waals surface area contributed by atoms with Crippen LogP contribution in [0.15, 0.2) is 195 Å². The molecule has 1 amide bonds. The fourth-order valence-electron chi connectivity index (χ4n) is 12.6. The van der Waals surface area contributed by atoms with E-state index in [-0.39, 0.29) is 81.1 Å². The molecule has 0 saturated carbocycles. The summed E-state index contributed by atoms with van der Waals surface area (Å²) in [4.78, 5) is 107. The standard InChI is InChI=1S/C19H20N2O3.C18H18N2O3.C18H26N2.C14H17NO.C9H8BrN.C7H15NO2.C7H10O4.C4H11N.Li.2H2O/c1-11(2)14-10-15(19(23)24-4)18(22)20-17(14)13-5-6-16-12(9-13)7-8-21(16)3;1-10(2)13-9-14(18(22)23)17(21)19-16(13)12-4-5-15-11(8-12)6-7-20(15)3;1-13(2)11-16(19-18(3,4)5)14-7-8-17-15(12-14)9-10-20(17)6;1-10(2)8-14(16)12-4-5-13-11(9-12)6-7-15(13)3;1-11-5-4-7-6-8(10)2-3-9(7)11;1-6(2)5-7(9)8(3)10-4;1-4-5(6(8)10-2)7(9)11-3;1-4(2,3)5;;;/h5-11H,1-4H3,(H,20,22);4-10H,1-3H3,(H,19,21)(H,22,23);7-10,12-13H,11H2,1-6H3;4-7,9-10H,8H2,1-3H3;2-6H,1H3;6H,5H2,1-4H3;4H,1-3H3;5H2,1-3H3;;2*1H2/q;;;;;;;;+1;;/p-2. The van der Waals surface area contributed by atoms with E-state index in [1.54, 1.807) is 20.0 Å². The monoisotopic (exact) mass is 1750 g/mol. The van der Waals surface area contributed by atoms with E-state index in [0.717, 1.165) is 71.6 Å². The van der Waals surface area contributed by atoms with E-state index in [9.17, 15) is 38.4 Å². The molecular weight excluding hydrogens is 1620 g/mol. The molecule has 660 valence electrons. The van der Waals surface area contributed by atoms with Crippen molar-refractivity contribution < 1.29 is 82.7 Å². The largest absolute Gasteiger partial charge is 1.00 e. The Bertz CT molecular complexity index is 5690. The van der Waals surface area contributed by atoms with Crippen LogP contribution in [0, 0.1) is 17.8 Å². The van der Waals surface area contributed by atoms with Crippen molar-refractivity contribution in [1.29, 1.82) is 0 Å². The number of ether oxygens (including phenoxy) is 3. The molecule has 12 rings (SSSR count). The summed E-state index contributed by atoms with van der Waals surface area (Å²) >= 11 is 3.43. The quantitative estimate of drug-likeness (QED) is 0.00757. The normalized spacial score (nSPS) is 11.0. The molecule has 0 unspecified atom stereocenters. The Balaban J connectivity index is 0.000000490. The number of esters is 3. The predicted octanol–water partition coefficient (Wildman–Crippen LogP) is 16.7. The van der Waals surface area contributed by atoms with Crippen molar-refractivity contribution in [3.8, 4) is 22.5 Å². The average molecular weight is 1750 g/mol. The summed E-state index contributed by atoms with van der Waals surface area (Å²) in [7, 11) is 16.9. The van der Waals surface area contributed by atoms with Gasteiger partial charge in [-0.05, 0) is 228 Å². The van der Waals surface area contributed by atoms with Crippen molar-refractivity contribution in [1.82, 2.24) is 37.9 Å². The summed E-state index contributed by atoms with van der Waals surface area (Å²) in [5.41, 5.74) is 18.2. The number of aryl methyl sites for hydroxylation is 5. The second kappa shape index (κ2) is 49.4. The number of benzene rings is 5. The number of hydrogen-bond donors (Lipinski definition) is 4. The van der Waals surface area contributed by atoms with Gasteiger partial charge < -0.3 is 68.8 Å². The van der Waals surface area contributed by atoms with Crippen LogP contribution < -0.4 is 35.7 Å². The van der Waals surface area contributed by atoms with Crippen LogP contribution >= 0.6 is 15.9 Å². The molecule has 0 radical (unpaired) electrons. The maximum Gasteiger partial charge on any atom is 1.00 e. The number of H-pyrrole nitrogens is 2. The number of nitrogens with one attached hydrogen (secondary N) is 2. The maximum absolute atomic E-state index is 12.3. The summed E-state index contributed by atoms with van der Waals surface area (Å²) in [6.45, 7) is 34.6. The number of aromatic amines is 2. The molecule has 25 nitrogen and oxygen atoms in total. The van der Waals surface area contributed by atoms with Crippen molar-refractivity contribution in [2.75, 3.05) is 35.5 Å². The SMILES string of the molecule is CC(C)(C)N.CC(C)CC(=NC(C)(C)C)c1ccc2c(ccn2C)c1.CC(C)CC(=O)c1ccc2c(ccn2C)c1.CC(C)c1cc(C(=O)O)c(=O)[nH]c1-c1ccc2c(ccn2C)c1.CC=C(C(=O)OC)C(=O)OC.COC(=O)c1cc(C(C)C)c(-c2ccc3c(ccn3C)c2)[nH]c1=O.CON(C)C(=O)CC(C)C.Cn1ccc2cc(Br)ccc21.[Li+].[OH-].[OH-]. The minimum absolute atomic E-state index is 0. The van der Waals surface area contributed by atoms with E-state index in [1.807, 2.05) is 184 Å². The number of allylic oxidation sites excluding steroid dienone is 1. The van der Waals surface area contributed by atoms with Gasteiger partial charge in [-0.3, -0.25) is 29.0 Å². The third-order valence-electron chi connectivity index (χ3n) is 18.6. The molecule has 12 aromatic rings. The Hall–Kier alpha value is -11.0. The van der Waals surface area contributed by atoms with Crippen LogP contribution in [-0.4, -0.2) is 142 Å².